The Morgan fingerprint density at radius 3 is 2.71 bits per heavy atom. The predicted molar refractivity (Wildman–Crippen MR) is 62.3 cm³/mol. The summed E-state index contributed by atoms with van der Waals surface area (Å²) in [6.07, 6.45) is 1.63. The van der Waals surface area contributed by atoms with Gasteiger partial charge in [-0.1, -0.05) is 6.07 Å². The van der Waals surface area contributed by atoms with Crippen molar-refractivity contribution in [3.8, 4) is 0 Å². The number of hydrogen-bond donors (Lipinski definition) is 2. The second kappa shape index (κ2) is 4.78. The lowest BCUT2D eigenvalue weighted by atomic mass is 10.2. The lowest BCUT2D eigenvalue weighted by molar-refractivity contribution is 0.511. The second-order valence-corrected chi connectivity index (χ2v) is 3.50. The molecule has 0 radical (unpaired) electrons. The highest BCUT2D eigenvalue weighted by molar-refractivity contribution is 5.66. The Bertz CT molecular complexity index is 515. The molecule has 0 unspecified atom stereocenters. The third-order valence-corrected chi connectivity index (χ3v) is 2.30. The van der Waals surface area contributed by atoms with E-state index in [1.54, 1.807) is 18.3 Å². The van der Waals surface area contributed by atoms with Crippen molar-refractivity contribution in [1.82, 2.24) is 4.98 Å². The fourth-order valence-corrected chi connectivity index (χ4v) is 1.43. The van der Waals surface area contributed by atoms with E-state index in [9.17, 15) is 8.78 Å². The smallest absolute Gasteiger partial charge is 0.183 e. The quantitative estimate of drug-likeness (QED) is 0.804. The van der Waals surface area contributed by atoms with E-state index in [1.165, 1.54) is 6.07 Å². The molecule has 1 aromatic carbocycles. The van der Waals surface area contributed by atoms with E-state index in [2.05, 4.69) is 10.3 Å². The first kappa shape index (κ1) is 11.3. The van der Waals surface area contributed by atoms with Gasteiger partial charge in [-0.15, -0.1) is 0 Å². The average Bonchev–Trinajstić information content (AvgIpc) is 2.35. The van der Waals surface area contributed by atoms with Crippen LogP contribution in [0.2, 0.25) is 0 Å². The van der Waals surface area contributed by atoms with Gasteiger partial charge in [0, 0.05) is 6.20 Å². The van der Waals surface area contributed by atoms with E-state index in [4.69, 9.17) is 5.73 Å². The Morgan fingerprint density at radius 2 is 2.00 bits per heavy atom. The van der Waals surface area contributed by atoms with Crippen LogP contribution in [0.1, 0.15) is 5.69 Å². The van der Waals surface area contributed by atoms with E-state index in [-0.39, 0.29) is 17.9 Å². The number of benzene rings is 1. The fourth-order valence-electron chi connectivity index (χ4n) is 1.43. The molecular weight excluding hydrogens is 224 g/mol. The Kier molecular flexibility index (Phi) is 3.18. The maximum Gasteiger partial charge on any atom is 0.183 e. The van der Waals surface area contributed by atoms with Gasteiger partial charge >= 0.3 is 0 Å². The standard InChI is InChI=1S/C12H11F2N3/c13-9-4-5-10(15)12(11(9)14)17-7-8-3-1-2-6-16-8/h1-6,17H,7,15H2. The number of hydrogen-bond acceptors (Lipinski definition) is 3. The monoisotopic (exact) mass is 235 g/mol. The molecule has 0 aliphatic rings. The van der Waals surface area contributed by atoms with Crippen molar-refractivity contribution in [2.75, 3.05) is 11.1 Å². The van der Waals surface area contributed by atoms with Crippen molar-refractivity contribution < 1.29 is 8.78 Å². The molecule has 0 fully saturated rings. The van der Waals surface area contributed by atoms with E-state index in [0.717, 1.165) is 11.8 Å². The van der Waals surface area contributed by atoms with Gasteiger partial charge in [-0.05, 0) is 24.3 Å². The molecule has 0 spiro atoms. The van der Waals surface area contributed by atoms with Gasteiger partial charge in [0.15, 0.2) is 11.6 Å². The van der Waals surface area contributed by atoms with Gasteiger partial charge in [0.25, 0.3) is 0 Å². The third-order valence-electron chi connectivity index (χ3n) is 2.30. The highest BCUT2D eigenvalue weighted by Crippen LogP contribution is 2.24. The van der Waals surface area contributed by atoms with Gasteiger partial charge in [-0.3, -0.25) is 4.98 Å². The van der Waals surface area contributed by atoms with Crippen LogP contribution in [-0.2, 0) is 6.54 Å². The Hall–Kier alpha value is -2.17. The molecule has 5 heteroatoms. The highest BCUT2D eigenvalue weighted by Gasteiger charge is 2.11. The zero-order valence-corrected chi connectivity index (χ0v) is 8.95. The molecule has 0 bridgehead atoms. The Labute approximate surface area is 97.3 Å². The molecule has 0 amide bonds. The Morgan fingerprint density at radius 1 is 1.18 bits per heavy atom. The van der Waals surface area contributed by atoms with Crippen LogP contribution in [0.15, 0.2) is 36.5 Å². The van der Waals surface area contributed by atoms with Gasteiger partial charge in [0.05, 0.1) is 23.6 Å². The van der Waals surface area contributed by atoms with Gasteiger partial charge in [-0.25, -0.2) is 8.78 Å². The van der Waals surface area contributed by atoms with Gasteiger partial charge in [0.1, 0.15) is 0 Å². The fraction of sp³-hybridized carbons (Fsp3) is 0.0833. The van der Waals surface area contributed by atoms with Gasteiger partial charge < -0.3 is 11.1 Å². The first-order valence-electron chi connectivity index (χ1n) is 5.05. The molecule has 0 aliphatic carbocycles. The van der Waals surface area contributed by atoms with Crippen LogP contribution in [0.5, 0.6) is 0 Å². The van der Waals surface area contributed by atoms with Crippen LogP contribution in [0, 0.1) is 11.6 Å². The van der Waals surface area contributed by atoms with Crippen molar-refractivity contribution in [2.24, 2.45) is 0 Å². The zero-order chi connectivity index (χ0) is 12.3. The molecule has 88 valence electrons. The number of aromatic nitrogens is 1. The Balaban J connectivity index is 2.17. The van der Waals surface area contributed by atoms with Crippen molar-refractivity contribution in [3.05, 3.63) is 53.9 Å². The summed E-state index contributed by atoms with van der Waals surface area (Å²) in [7, 11) is 0. The topological polar surface area (TPSA) is 50.9 Å². The van der Waals surface area contributed by atoms with Crippen LogP contribution >= 0.6 is 0 Å². The van der Waals surface area contributed by atoms with E-state index < -0.39 is 11.6 Å². The number of pyridine rings is 1. The van der Waals surface area contributed by atoms with E-state index in [1.807, 2.05) is 6.07 Å². The molecule has 3 N–H and O–H groups in total. The number of nitrogens with one attached hydrogen (secondary N) is 1. The summed E-state index contributed by atoms with van der Waals surface area (Å²) < 4.78 is 26.4. The number of nitrogens with zero attached hydrogens (tertiary/aromatic N) is 1. The summed E-state index contributed by atoms with van der Waals surface area (Å²) in [6, 6.07) is 7.69. The summed E-state index contributed by atoms with van der Waals surface area (Å²) in [4.78, 5) is 4.06. The number of rotatable bonds is 3. The largest absolute Gasteiger partial charge is 0.397 e. The number of nitrogens with two attached hydrogens (primary N) is 1. The molecule has 2 rings (SSSR count). The summed E-state index contributed by atoms with van der Waals surface area (Å²) >= 11 is 0. The van der Waals surface area contributed by atoms with Crippen LogP contribution in [0.4, 0.5) is 20.2 Å². The first-order chi connectivity index (χ1) is 8.18. The molecule has 0 saturated carbocycles. The number of halogens is 2. The lowest BCUT2D eigenvalue weighted by Gasteiger charge is -2.10. The molecule has 1 aromatic heterocycles. The minimum Gasteiger partial charge on any atom is -0.397 e. The molecule has 17 heavy (non-hydrogen) atoms. The summed E-state index contributed by atoms with van der Waals surface area (Å²) in [5.41, 5.74) is 6.42. The van der Waals surface area contributed by atoms with Gasteiger partial charge in [-0.2, -0.15) is 0 Å². The van der Waals surface area contributed by atoms with Crippen molar-refractivity contribution >= 4 is 11.4 Å². The van der Waals surface area contributed by atoms with Crippen LogP contribution in [0.3, 0.4) is 0 Å². The van der Waals surface area contributed by atoms with Gasteiger partial charge in [0.2, 0.25) is 0 Å². The summed E-state index contributed by atoms with van der Waals surface area (Å²) in [6.45, 7) is 0.283. The van der Waals surface area contributed by atoms with Crippen LogP contribution in [-0.4, -0.2) is 4.98 Å². The molecule has 0 atom stereocenters. The minimum absolute atomic E-state index is 0.0318. The first-order valence-corrected chi connectivity index (χ1v) is 5.05. The normalized spacial score (nSPS) is 10.2. The van der Waals surface area contributed by atoms with Crippen molar-refractivity contribution in [2.45, 2.75) is 6.54 Å². The molecule has 3 nitrogen and oxygen atoms in total. The average molecular weight is 235 g/mol. The third kappa shape index (κ3) is 2.50. The summed E-state index contributed by atoms with van der Waals surface area (Å²) in [5.74, 6) is -1.90. The maximum absolute atomic E-state index is 13.4. The molecule has 2 aromatic rings. The maximum atomic E-state index is 13.4. The molecule has 0 aliphatic heterocycles. The molecule has 0 saturated heterocycles. The molecular formula is C12H11F2N3. The van der Waals surface area contributed by atoms with Crippen molar-refractivity contribution in [3.63, 3.8) is 0 Å². The van der Waals surface area contributed by atoms with E-state index >= 15 is 0 Å². The zero-order valence-electron chi connectivity index (χ0n) is 8.95. The minimum atomic E-state index is -0.971. The van der Waals surface area contributed by atoms with Crippen LogP contribution in [0.25, 0.3) is 0 Å². The second-order valence-electron chi connectivity index (χ2n) is 3.50. The number of anilines is 2. The molecule has 1 heterocycles. The summed E-state index contributed by atoms with van der Waals surface area (Å²) in [5, 5.41) is 2.74. The van der Waals surface area contributed by atoms with Crippen molar-refractivity contribution in [1.29, 1.82) is 0 Å². The number of nitrogen functional groups attached to an aromatic ring is 1. The van der Waals surface area contributed by atoms with E-state index in [0.29, 0.717) is 0 Å². The lowest BCUT2D eigenvalue weighted by Crippen LogP contribution is -2.07. The SMILES string of the molecule is Nc1ccc(F)c(F)c1NCc1ccccn1. The highest BCUT2D eigenvalue weighted by atomic mass is 19.2. The van der Waals surface area contributed by atoms with Crippen LogP contribution < -0.4 is 11.1 Å². The predicted octanol–water partition coefficient (Wildman–Crippen LogP) is 2.55.